The van der Waals surface area contributed by atoms with Crippen LogP contribution in [-0.2, 0) is 13.0 Å². The number of hydrogen-bond donors (Lipinski definition) is 1. The normalized spacial score (nSPS) is 17.4. The van der Waals surface area contributed by atoms with E-state index < -0.39 is 0 Å². The van der Waals surface area contributed by atoms with Crippen LogP contribution in [0.5, 0.6) is 0 Å². The topological polar surface area (TPSA) is 42.4 Å². The van der Waals surface area contributed by atoms with Gasteiger partial charge in [0.2, 0.25) is 0 Å². The predicted octanol–water partition coefficient (Wildman–Crippen LogP) is 3.92. The molecule has 1 aliphatic rings. The number of thiophene rings is 1. The van der Waals surface area contributed by atoms with Crippen molar-refractivity contribution in [2.75, 3.05) is 13.1 Å². The number of nitrogens with zero attached hydrogens (tertiary/aromatic N) is 1. The van der Waals surface area contributed by atoms with Crippen LogP contribution in [0.25, 0.3) is 0 Å². The second-order valence-corrected chi connectivity index (χ2v) is 7.19. The lowest BCUT2D eigenvalue weighted by Gasteiger charge is -2.32. The third kappa shape index (κ3) is 2.69. The van der Waals surface area contributed by atoms with Gasteiger partial charge in [0.1, 0.15) is 5.76 Å². The number of rotatable bonds is 3. The van der Waals surface area contributed by atoms with Crippen LogP contribution in [0.3, 0.4) is 0 Å². The van der Waals surface area contributed by atoms with Crippen molar-refractivity contribution in [2.24, 2.45) is 5.73 Å². The van der Waals surface area contributed by atoms with Crippen LogP contribution in [-0.4, -0.2) is 18.0 Å². The van der Waals surface area contributed by atoms with E-state index in [1.165, 1.54) is 10.4 Å². The molecule has 0 aromatic carbocycles. The van der Waals surface area contributed by atoms with Crippen molar-refractivity contribution < 1.29 is 4.42 Å². The highest BCUT2D eigenvalue weighted by Crippen LogP contribution is 2.34. The number of furan rings is 1. The largest absolute Gasteiger partial charge is 0.451 e. The predicted molar refractivity (Wildman–Crippen MR) is 84.3 cm³/mol. The van der Waals surface area contributed by atoms with Crippen molar-refractivity contribution in [3.8, 4) is 0 Å². The number of hydrogen-bond acceptors (Lipinski definition) is 4. The summed E-state index contributed by atoms with van der Waals surface area (Å²) in [6, 6.07) is 4.36. The molecule has 2 N–H and O–H groups in total. The molecule has 0 bridgehead atoms. The average molecular weight is 406 g/mol. The van der Waals surface area contributed by atoms with E-state index in [4.69, 9.17) is 10.2 Å². The maximum atomic E-state index is 5.96. The SMILES string of the molecule is NCC(c1cc(Br)c(Br)o1)N1CCc2sccc2C1. The third-order valence-corrected chi connectivity index (χ3v) is 6.23. The van der Waals surface area contributed by atoms with Crippen LogP contribution < -0.4 is 5.73 Å². The van der Waals surface area contributed by atoms with Crippen molar-refractivity contribution in [1.82, 2.24) is 4.90 Å². The van der Waals surface area contributed by atoms with Crippen LogP contribution in [0.2, 0.25) is 0 Å². The number of fused-ring (bicyclic) bond motifs is 1. The molecule has 0 spiro atoms. The zero-order valence-corrected chi connectivity index (χ0v) is 14.2. The molecule has 0 amide bonds. The van der Waals surface area contributed by atoms with Gasteiger partial charge < -0.3 is 10.2 Å². The van der Waals surface area contributed by atoms with E-state index in [0.717, 1.165) is 34.4 Å². The summed E-state index contributed by atoms with van der Waals surface area (Å²) in [4.78, 5) is 3.90. The standard InChI is InChI=1S/C13H14Br2N2OS/c14-9-5-11(18-13(9)15)10(6-16)17-3-1-12-8(7-17)2-4-19-12/h2,4-5,10H,1,3,6-7,16H2. The van der Waals surface area contributed by atoms with Gasteiger partial charge >= 0.3 is 0 Å². The van der Waals surface area contributed by atoms with E-state index in [1.807, 2.05) is 17.4 Å². The van der Waals surface area contributed by atoms with E-state index >= 15 is 0 Å². The minimum absolute atomic E-state index is 0.135. The molecular weight excluding hydrogens is 392 g/mol. The Morgan fingerprint density at radius 2 is 2.32 bits per heavy atom. The number of halogens is 2. The molecule has 3 heterocycles. The number of nitrogens with two attached hydrogens (primary N) is 1. The van der Waals surface area contributed by atoms with Gasteiger partial charge in [0.05, 0.1) is 10.5 Å². The summed E-state index contributed by atoms with van der Waals surface area (Å²) in [5.41, 5.74) is 7.39. The summed E-state index contributed by atoms with van der Waals surface area (Å²) in [5, 5.41) is 2.17. The molecule has 3 rings (SSSR count). The molecule has 1 aliphatic heterocycles. The molecule has 102 valence electrons. The molecule has 3 nitrogen and oxygen atoms in total. The Morgan fingerprint density at radius 3 is 3.00 bits per heavy atom. The van der Waals surface area contributed by atoms with Gasteiger partial charge in [0.15, 0.2) is 4.67 Å². The second kappa shape index (κ2) is 5.69. The summed E-state index contributed by atoms with van der Waals surface area (Å²) < 4.78 is 7.41. The fraction of sp³-hybridized carbons (Fsp3) is 0.385. The molecule has 0 saturated carbocycles. The highest BCUT2D eigenvalue weighted by molar-refractivity contribution is 9.13. The van der Waals surface area contributed by atoms with Gasteiger partial charge in [-0.1, -0.05) is 0 Å². The summed E-state index contributed by atoms with van der Waals surface area (Å²) in [6.45, 7) is 2.55. The lowest BCUT2D eigenvalue weighted by molar-refractivity contribution is 0.163. The van der Waals surface area contributed by atoms with Crippen molar-refractivity contribution in [3.63, 3.8) is 0 Å². The van der Waals surface area contributed by atoms with Crippen LogP contribution in [0.4, 0.5) is 0 Å². The minimum atomic E-state index is 0.135. The Kier molecular flexibility index (Phi) is 4.14. The van der Waals surface area contributed by atoms with Gasteiger partial charge in [-0.3, -0.25) is 4.90 Å². The van der Waals surface area contributed by atoms with Crippen molar-refractivity contribution in [3.05, 3.63) is 42.9 Å². The quantitative estimate of drug-likeness (QED) is 0.841. The van der Waals surface area contributed by atoms with Gasteiger partial charge in [-0.2, -0.15) is 0 Å². The average Bonchev–Trinajstić information content (AvgIpc) is 2.98. The maximum Gasteiger partial charge on any atom is 0.183 e. The third-order valence-electron chi connectivity index (χ3n) is 3.49. The maximum absolute atomic E-state index is 5.96. The molecule has 1 unspecified atom stereocenters. The van der Waals surface area contributed by atoms with Gasteiger partial charge in [0, 0.05) is 24.5 Å². The molecule has 0 saturated heterocycles. The molecule has 0 aliphatic carbocycles. The Hall–Kier alpha value is -0.140. The Labute approximate surface area is 133 Å². The Bertz CT molecular complexity index is 561. The smallest absolute Gasteiger partial charge is 0.183 e. The Morgan fingerprint density at radius 1 is 1.47 bits per heavy atom. The van der Waals surface area contributed by atoms with E-state index in [-0.39, 0.29) is 6.04 Å². The first-order valence-corrected chi connectivity index (χ1v) is 8.59. The summed E-state index contributed by atoms with van der Waals surface area (Å²) in [7, 11) is 0. The minimum Gasteiger partial charge on any atom is -0.451 e. The van der Waals surface area contributed by atoms with Gasteiger partial charge in [-0.25, -0.2) is 0 Å². The lowest BCUT2D eigenvalue weighted by atomic mass is 10.1. The van der Waals surface area contributed by atoms with Crippen LogP contribution in [0, 0.1) is 0 Å². The van der Waals surface area contributed by atoms with Gasteiger partial charge in [0.25, 0.3) is 0 Å². The fourth-order valence-electron chi connectivity index (χ4n) is 2.51. The first kappa shape index (κ1) is 13.8. The van der Waals surface area contributed by atoms with Crippen molar-refractivity contribution in [2.45, 2.75) is 19.0 Å². The molecular formula is C13H14Br2N2OS. The summed E-state index contributed by atoms with van der Waals surface area (Å²) in [6.07, 6.45) is 1.10. The molecule has 2 aromatic rings. The molecule has 0 fully saturated rings. The zero-order valence-electron chi connectivity index (χ0n) is 10.2. The van der Waals surface area contributed by atoms with Crippen LogP contribution in [0.1, 0.15) is 22.2 Å². The van der Waals surface area contributed by atoms with Crippen LogP contribution in [0.15, 0.2) is 31.1 Å². The molecule has 1 atom stereocenters. The van der Waals surface area contributed by atoms with E-state index in [0.29, 0.717) is 6.54 Å². The van der Waals surface area contributed by atoms with Gasteiger partial charge in [-0.15, -0.1) is 11.3 Å². The van der Waals surface area contributed by atoms with Crippen molar-refractivity contribution in [1.29, 1.82) is 0 Å². The highest BCUT2D eigenvalue weighted by atomic mass is 79.9. The lowest BCUT2D eigenvalue weighted by Crippen LogP contribution is -2.37. The van der Waals surface area contributed by atoms with E-state index in [1.54, 1.807) is 0 Å². The fourth-order valence-corrected chi connectivity index (χ4v) is 4.01. The van der Waals surface area contributed by atoms with E-state index in [2.05, 4.69) is 48.2 Å². The van der Waals surface area contributed by atoms with Gasteiger partial charge in [-0.05, 0) is 61.4 Å². The first-order valence-electron chi connectivity index (χ1n) is 6.13. The molecule has 6 heteroatoms. The summed E-state index contributed by atoms with van der Waals surface area (Å²) in [5.74, 6) is 0.917. The molecule has 2 aromatic heterocycles. The van der Waals surface area contributed by atoms with Crippen LogP contribution >= 0.6 is 43.2 Å². The molecule has 19 heavy (non-hydrogen) atoms. The van der Waals surface area contributed by atoms with Crippen molar-refractivity contribution >= 4 is 43.2 Å². The van der Waals surface area contributed by atoms with E-state index in [9.17, 15) is 0 Å². The highest BCUT2D eigenvalue weighted by Gasteiger charge is 2.27. The Balaban J connectivity index is 1.84. The summed E-state index contributed by atoms with van der Waals surface area (Å²) >= 11 is 8.70. The zero-order chi connectivity index (χ0) is 13.4. The second-order valence-electron chi connectivity index (χ2n) is 4.61. The molecule has 0 radical (unpaired) electrons. The monoisotopic (exact) mass is 404 g/mol. The first-order chi connectivity index (χ1) is 9.19.